The lowest BCUT2D eigenvalue weighted by atomic mass is 10.2. The second kappa shape index (κ2) is 7.19. The Hall–Kier alpha value is -1.69. The standard InChI is InChI=1S/C14H23N5O/c1-13(12-19-11-6-15-16-19)14(20)17(2)7-5-10-18-8-3-4-9-18/h6,11-12H,3-5,7-10H2,1-2H3/b13-12+. The summed E-state index contributed by atoms with van der Waals surface area (Å²) in [6, 6.07) is 0. The third-order valence-corrected chi connectivity index (χ3v) is 3.62. The molecule has 0 bridgehead atoms. The van der Waals surface area contributed by atoms with E-state index in [0.29, 0.717) is 5.57 Å². The Balaban J connectivity index is 1.76. The molecule has 1 aromatic rings. The first kappa shape index (κ1) is 14.7. The minimum Gasteiger partial charge on any atom is -0.342 e. The Morgan fingerprint density at radius 1 is 1.40 bits per heavy atom. The molecule has 0 spiro atoms. The van der Waals surface area contributed by atoms with Gasteiger partial charge < -0.3 is 9.80 Å². The summed E-state index contributed by atoms with van der Waals surface area (Å²) in [4.78, 5) is 16.4. The van der Waals surface area contributed by atoms with Crippen LogP contribution in [-0.2, 0) is 4.79 Å². The molecule has 0 N–H and O–H groups in total. The number of aromatic nitrogens is 3. The SMILES string of the molecule is C/C(=C\n1ccnn1)C(=O)N(C)CCCN1CCCC1. The van der Waals surface area contributed by atoms with Crippen LogP contribution in [0.5, 0.6) is 0 Å². The molecule has 20 heavy (non-hydrogen) atoms. The number of amides is 1. The molecule has 1 saturated heterocycles. The number of hydrogen-bond acceptors (Lipinski definition) is 4. The van der Waals surface area contributed by atoms with E-state index in [1.165, 1.54) is 25.9 Å². The number of rotatable bonds is 6. The number of carbonyl (C=O) groups is 1. The number of nitrogens with zero attached hydrogens (tertiary/aromatic N) is 5. The van der Waals surface area contributed by atoms with Crippen LogP contribution in [0.25, 0.3) is 6.20 Å². The van der Waals surface area contributed by atoms with E-state index in [2.05, 4.69) is 15.2 Å². The molecule has 0 atom stereocenters. The van der Waals surface area contributed by atoms with Crippen LogP contribution in [0.2, 0.25) is 0 Å². The Kier molecular flexibility index (Phi) is 5.29. The molecule has 1 aliphatic heterocycles. The predicted molar refractivity (Wildman–Crippen MR) is 77.9 cm³/mol. The van der Waals surface area contributed by atoms with Gasteiger partial charge in [0.05, 0.1) is 12.4 Å². The van der Waals surface area contributed by atoms with E-state index in [1.807, 2.05) is 7.05 Å². The van der Waals surface area contributed by atoms with Crippen LogP contribution in [0.1, 0.15) is 26.2 Å². The molecular weight excluding hydrogens is 254 g/mol. The monoisotopic (exact) mass is 277 g/mol. The highest BCUT2D eigenvalue weighted by Crippen LogP contribution is 2.08. The Morgan fingerprint density at radius 2 is 2.15 bits per heavy atom. The largest absolute Gasteiger partial charge is 0.342 e. The van der Waals surface area contributed by atoms with Crippen molar-refractivity contribution in [3.05, 3.63) is 18.0 Å². The quantitative estimate of drug-likeness (QED) is 0.730. The molecule has 0 radical (unpaired) electrons. The fourth-order valence-electron chi connectivity index (χ4n) is 2.48. The molecular formula is C14H23N5O. The molecule has 0 aromatic carbocycles. The van der Waals surface area contributed by atoms with E-state index in [-0.39, 0.29) is 5.91 Å². The first-order chi connectivity index (χ1) is 9.66. The summed E-state index contributed by atoms with van der Waals surface area (Å²) in [5.41, 5.74) is 0.666. The molecule has 2 rings (SSSR count). The smallest absolute Gasteiger partial charge is 0.250 e. The van der Waals surface area contributed by atoms with Crippen LogP contribution in [-0.4, -0.2) is 63.9 Å². The zero-order valence-electron chi connectivity index (χ0n) is 12.3. The van der Waals surface area contributed by atoms with Gasteiger partial charge in [0, 0.05) is 25.4 Å². The minimum atomic E-state index is 0.0434. The van der Waals surface area contributed by atoms with Crippen molar-refractivity contribution < 1.29 is 4.79 Å². The molecule has 6 nitrogen and oxygen atoms in total. The number of likely N-dealkylation sites (tertiary alicyclic amines) is 1. The molecule has 0 saturated carbocycles. The van der Waals surface area contributed by atoms with Crippen molar-refractivity contribution in [2.24, 2.45) is 0 Å². The van der Waals surface area contributed by atoms with Gasteiger partial charge in [-0.25, -0.2) is 4.68 Å². The fourth-order valence-corrected chi connectivity index (χ4v) is 2.48. The molecule has 2 heterocycles. The van der Waals surface area contributed by atoms with E-state index < -0.39 is 0 Å². The first-order valence-corrected chi connectivity index (χ1v) is 7.19. The van der Waals surface area contributed by atoms with Gasteiger partial charge in [-0.2, -0.15) is 0 Å². The van der Waals surface area contributed by atoms with Crippen molar-refractivity contribution in [3.63, 3.8) is 0 Å². The van der Waals surface area contributed by atoms with Crippen molar-refractivity contribution in [3.8, 4) is 0 Å². The summed E-state index contributed by atoms with van der Waals surface area (Å²) in [7, 11) is 1.85. The molecule has 1 aromatic heterocycles. The van der Waals surface area contributed by atoms with Gasteiger partial charge in [-0.3, -0.25) is 4.79 Å². The Morgan fingerprint density at radius 3 is 2.80 bits per heavy atom. The van der Waals surface area contributed by atoms with E-state index >= 15 is 0 Å². The fraction of sp³-hybridized carbons (Fsp3) is 0.643. The van der Waals surface area contributed by atoms with Gasteiger partial charge in [-0.05, 0) is 45.8 Å². The minimum absolute atomic E-state index is 0.0434. The van der Waals surface area contributed by atoms with Crippen LogP contribution in [0.3, 0.4) is 0 Å². The normalized spacial score (nSPS) is 16.6. The maximum Gasteiger partial charge on any atom is 0.250 e. The summed E-state index contributed by atoms with van der Waals surface area (Å²) < 4.78 is 1.55. The zero-order chi connectivity index (χ0) is 14.4. The highest BCUT2D eigenvalue weighted by Gasteiger charge is 2.13. The Bertz CT molecular complexity index is 448. The summed E-state index contributed by atoms with van der Waals surface area (Å²) in [6.07, 6.45) is 8.66. The summed E-state index contributed by atoms with van der Waals surface area (Å²) in [5.74, 6) is 0.0434. The van der Waals surface area contributed by atoms with E-state index in [0.717, 1.165) is 19.5 Å². The molecule has 0 unspecified atom stereocenters. The number of hydrogen-bond donors (Lipinski definition) is 0. The number of carbonyl (C=O) groups excluding carboxylic acids is 1. The van der Waals surface area contributed by atoms with E-state index in [4.69, 9.17) is 0 Å². The van der Waals surface area contributed by atoms with Crippen molar-refractivity contribution >= 4 is 12.1 Å². The average molecular weight is 277 g/mol. The van der Waals surface area contributed by atoms with E-state index in [1.54, 1.807) is 35.1 Å². The lowest BCUT2D eigenvalue weighted by Gasteiger charge is -2.20. The second-order valence-corrected chi connectivity index (χ2v) is 5.32. The highest BCUT2D eigenvalue weighted by atomic mass is 16.2. The van der Waals surface area contributed by atoms with Crippen LogP contribution < -0.4 is 0 Å². The van der Waals surface area contributed by atoms with Crippen molar-refractivity contribution in [2.75, 3.05) is 33.2 Å². The maximum absolute atomic E-state index is 12.2. The number of likely N-dealkylation sites (N-methyl/N-ethyl adjacent to an activating group) is 1. The predicted octanol–water partition coefficient (Wildman–Crippen LogP) is 1.08. The molecule has 6 heteroatoms. The summed E-state index contributed by atoms with van der Waals surface area (Å²) in [6.45, 7) is 6.11. The second-order valence-electron chi connectivity index (χ2n) is 5.32. The highest BCUT2D eigenvalue weighted by molar-refractivity contribution is 5.95. The van der Waals surface area contributed by atoms with Crippen molar-refractivity contribution in [2.45, 2.75) is 26.2 Å². The van der Waals surface area contributed by atoms with Gasteiger partial charge in [0.2, 0.25) is 0 Å². The molecule has 1 aliphatic rings. The van der Waals surface area contributed by atoms with E-state index in [9.17, 15) is 4.79 Å². The van der Waals surface area contributed by atoms with Gasteiger partial charge in [-0.1, -0.05) is 5.21 Å². The van der Waals surface area contributed by atoms with Gasteiger partial charge >= 0.3 is 0 Å². The Labute approximate surface area is 120 Å². The molecule has 1 fully saturated rings. The molecule has 0 aliphatic carbocycles. The summed E-state index contributed by atoms with van der Waals surface area (Å²) >= 11 is 0. The maximum atomic E-state index is 12.2. The van der Waals surface area contributed by atoms with Gasteiger partial charge in [0.25, 0.3) is 5.91 Å². The van der Waals surface area contributed by atoms with Crippen LogP contribution >= 0.6 is 0 Å². The first-order valence-electron chi connectivity index (χ1n) is 7.19. The third-order valence-electron chi connectivity index (χ3n) is 3.62. The lowest BCUT2D eigenvalue weighted by Crippen LogP contribution is -2.31. The third kappa shape index (κ3) is 4.16. The topological polar surface area (TPSA) is 54.3 Å². The van der Waals surface area contributed by atoms with Crippen LogP contribution in [0, 0.1) is 0 Å². The van der Waals surface area contributed by atoms with Crippen LogP contribution in [0.4, 0.5) is 0 Å². The lowest BCUT2D eigenvalue weighted by molar-refractivity contribution is -0.125. The van der Waals surface area contributed by atoms with Crippen LogP contribution in [0.15, 0.2) is 18.0 Å². The van der Waals surface area contributed by atoms with Gasteiger partial charge in [0.15, 0.2) is 0 Å². The van der Waals surface area contributed by atoms with Crippen molar-refractivity contribution in [1.82, 2.24) is 24.8 Å². The summed E-state index contributed by atoms with van der Waals surface area (Å²) in [5, 5.41) is 7.54. The van der Waals surface area contributed by atoms with Gasteiger partial charge in [0.1, 0.15) is 0 Å². The van der Waals surface area contributed by atoms with Gasteiger partial charge in [-0.15, -0.1) is 5.10 Å². The average Bonchev–Trinajstić information content (AvgIpc) is 3.10. The zero-order valence-corrected chi connectivity index (χ0v) is 12.3. The molecule has 110 valence electrons. The molecule has 1 amide bonds. The van der Waals surface area contributed by atoms with Crippen molar-refractivity contribution in [1.29, 1.82) is 0 Å².